The lowest BCUT2D eigenvalue weighted by Crippen LogP contribution is -2.49. The maximum absolute atomic E-state index is 11.9. The first-order valence-corrected chi connectivity index (χ1v) is 10.6. The molecule has 1 N–H and O–H groups in total. The van der Waals surface area contributed by atoms with E-state index in [0.717, 1.165) is 48.0 Å². The molecule has 29 heavy (non-hydrogen) atoms. The number of anilines is 1. The number of amides is 1. The highest BCUT2D eigenvalue weighted by atomic mass is 32.1. The van der Waals surface area contributed by atoms with E-state index in [0.29, 0.717) is 13.1 Å². The Kier molecular flexibility index (Phi) is 5.87. The number of aromatic nitrogens is 2. The van der Waals surface area contributed by atoms with E-state index in [9.17, 15) is 4.79 Å². The third-order valence-corrected chi connectivity index (χ3v) is 6.10. The quantitative estimate of drug-likeness (QED) is 0.637. The van der Waals surface area contributed by atoms with Crippen molar-refractivity contribution in [2.45, 2.75) is 6.92 Å². The van der Waals surface area contributed by atoms with E-state index in [2.05, 4.69) is 57.0 Å². The number of nitrogens with zero attached hydrogens (tertiary/aromatic N) is 4. The summed E-state index contributed by atoms with van der Waals surface area (Å²) < 4.78 is 0. The van der Waals surface area contributed by atoms with Crippen LogP contribution in [0.5, 0.6) is 0 Å². The molecule has 0 saturated carbocycles. The predicted molar refractivity (Wildman–Crippen MR) is 119 cm³/mol. The standard InChI is InChI=1S/C22H25N5OS/c1-3-9-23-20(28)15-26-10-12-27(13-11-26)21-18-14-19(17-7-5-4-6-8-17)29-22(18)25-16(2)24-21/h3-8,14H,1,9-13,15H2,2H3,(H,23,28). The van der Waals surface area contributed by atoms with E-state index in [4.69, 9.17) is 4.98 Å². The number of carbonyl (C=O) groups excluding carboxylic acids is 1. The summed E-state index contributed by atoms with van der Waals surface area (Å²) in [5, 5.41) is 3.95. The van der Waals surface area contributed by atoms with Crippen LogP contribution < -0.4 is 10.2 Å². The van der Waals surface area contributed by atoms with Gasteiger partial charge >= 0.3 is 0 Å². The number of benzene rings is 1. The third kappa shape index (κ3) is 4.46. The first-order valence-electron chi connectivity index (χ1n) is 9.82. The number of piperazine rings is 1. The van der Waals surface area contributed by atoms with E-state index < -0.39 is 0 Å². The molecule has 3 aromatic rings. The average Bonchev–Trinajstić information content (AvgIpc) is 3.17. The molecule has 1 saturated heterocycles. The van der Waals surface area contributed by atoms with Crippen molar-refractivity contribution < 1.29 is 4.79 Å². The maximum Gasteiger partial charge on any atom is 0.234 e. The lowest BCUT2D eigenvalue weighted by molar-refractivity contribution is -0.122. The summed E-state index contributed by atoms with van der Waals surface area (Å²) in [7, 11) is 0. The summed E-state index contributed by atoms with van der Waals surface area (Å²) in [6.07, 6.45) is 1.70. The summed E-state index contributed by atoms with van der Waals surface area (Å²) >= 11 is 1.71. The van der Waals surface area contributed by atoms with Gasteiger partial charge in [-0.2, -0.15) is 0 Å². The summed E-state index contributed by atoms with van der Waals surface area (Å²) in [6.45, 7) is 9.88. The Labute approximate surface area is 174 Å². The molecule has 0 radical (unpaired) electrons. The van der Waals surface area contributed by atoms with Gasteiger partial charge in [0.05, 0.1) is 11.9 Å². The van der Waals surface area contributed by atoms with Crippen molar-refractivity contribution in [2.24, 2.45) is 0 Å². The van der Waals surface area contributed by atoms with Crippen LogP contribution in [0.3, 0.4) is 0 Å². The Morgan fingerprint density at radius 2 is 1.97 bits per heavy atom. The highest BCUT2D eigenvalue weighted by Gasteiger charge is 2.22. The number of fused-ring (bicyclic) bond motifs is 1. The Morgan fingerprint density at radius 3 is 2.69 bits per heavy atom. The van der Waals surface area contributed by atoms with E-state index in [1.165, 1.54) is 10.4 Å². The van der Waals surface area contributed by atoms with Crippen molar-refractivity contribution in [2.75, 3.05) is 44.2 Å². The van der Waals surface area contributed by atoms with Gasteiger partial charge in [0.25, 0.3) is 0 Å². The monoisotopic (exact) mass is 407 g/mol. The van der Waals surface area contributed by atoms with Crippen molar-refractivity contribution in [1.82, 2.24) is 20.2 Å². The zero-order chi connectivity index (χ0) is 20.2. The van der Waals surface area contributed by atoms with Crippen LogP contribution in [0.1, 0.15) is 5.82 Å². The molecule has 6 nitrogen and oxygen atoms in total. The highest BCUT2D eigenvalue weighted by Crippen LogP contribution is 2.36. The van der Waals surface area contributed by atoms with Gasteiger partial charge in [0.1, 0.15) is 16.5 Å². The summed E-state index contributed by atoms with van der Waals surface area (Å²) in [5.74, 6) is 1.84. The fraction of sp³-hybridized carbons (Fsp3) is 0.318. The number of aryl methyl sites for hydroxylation is 1. The Morgan fingerprint density at radius 1 is 1.21 bits per heavy atom. The van der Waals surface area contributed by atoms with Crippen LogP contribution in [0.15, 0.2) is 49.1 Å². The van der Waals surface area contributed by atoms with Crippen LogP contribution in [-0.2, 0) is 4.79 Å². The molecular weight excluding hydrogens is 382 g/mol. The molecule has 0 bridgehead atoms. The topological polar surface area (TPSA) is 61.4 Å². The van der Waals surface area contributed by atoms with Gasteiger partial charge in [0.15, 0.2) is 0 Å². The molecular formula is C22H25N5OS. The number of thiophene rings is 1. The van der Waals surface area contributed by atoms with Crippen LogP contribution in [0.2, 0.25) is 0 Å². The zero-order valence-corrected chi connectivity index (χ0v) is 17.4. The lowest BCUT2D eigenvalue weighted by atomic mass is 10.2. The van der Waals surface area contributed by atoms with Gasteiger partial charge in [-0.05, 0) is 18.6 Å². The number of carbonyl (C=O) groups is 1. The Bertz CT molecular complexity index is 1010. The third-order valence-electron chi connectivity index (χ3n) is 5.03. The fourth-order valence-corrected chi connectivity index (χ4v) is 4.64. The van der Waals surface area contributed by atoms with Gasteiger partial charge in [-0.15, -0.1) is 17.9 Å². The lowest BCUT2D eigenvalue weighted by Gasteiger charge is -2.35. The number of rotatable bonds is 6. The SMILES string of the molecule is C=CCNC(=O)CN1CCN(c2nc(C)nc3sc(-c4ccccc4)cc23)CC1. The maximum atomic E-state index is 11.9. The molecule has 0 atom stereocenters. The fourth-order valence-electron chi connectivity index (χ4n) is 3.56. The second-order valence-electron chi connectivity index (χ2n) is 7.15. The second kappa shape index (κ2) is 8.71. The first kappa shape index (κ1) is 19.5. The van der Waals surface area contributed by atoms with Gasteiger partial charge in [0.2, 0.25) is 5.91 Å². The van der Waals surface area contributed by atoms with Gasteiger partial charge in [-0.1, -0.05) is 36.4 Å². The minimum Gasteiger partial charge on any atom is -0.353 e. The number of hydrogen-bond donors (Lipinski definition) is 1. The minimum absolute atomic E-state index is 0.0453. The van der Waals surface area contributed by atoms with Crippen LogP contribution in [0.4, 0.5) is 5.82 Å². The number of hydrogen-bond acceptors (Lipinski definition) is 6. The Balaban J connectivity index is 1.52. The summed E-state index contributed by atoms with van der Waals surface area (Å²) in [6, 6.07) is 12.6. The second-order valence-corrected chi connectivity index (χ2v) is 8.18. The molecule has 1 aromatic carbocycles. The van der Waals surface area contributed by atoms with Crippen molar-refractivity contribution in [3.8, 4) is 10.4 Å². The predicted octanol–water partition coefficient (Wildman–Crippen LogP) is 3.09. The molecule has 1 aliphatic heterocycles. The van der Waals surface area contributed by atoms with Crippen molar-refractivity contribution in [3.05, 3.63) is 54.9 Å². The van der Waals surface area contributed by atoms with Crippen molar-refractivity contribution in [3.63, 3.8) is 0 Å². The molecule has 3 heterocycles. The number of nitrogens with one attached hydrogen (secondary N) is 1. The molecule has 150 valence electrons. The molecule has 2 aromatic heterocycles. The Hall–Kier alpha value is -2.77. The molecule has 7 heteroatoms. The molecule has 0 unspecified atom stereocenters. The summed E-state index contributed by atoms with van der Waals surface area (Å²) in [4.78, 5) is 28.1. The molecule has 0 spiro atoms. The van der Waals surface area contributed by atoms with Gasteiger partial charge in [-0.3, -0.25) is 9.69 Å². The zero-order valence-electron chi connectivity index (χ0n) is 16.6. The van der Waals surface area contributed by atoms with Crippen molar-refractivity contribution in [1.29, 1.82) is 0 Å². The van der Waals surface area contributed by atoms with Gasteiger partial charge in [0, 0.05) is 37.6 Å². The molecule has 4 rings (SSSR count). The van der Waals surface area contributed by atoms with Crippen LogP contribution in [-0.4, -0.2) is 60.0 Å². The molecule has 1 fully saturated rings. The smallest absolute Gasteiger partial charge is 0.234 e. The largest absolute Gasteiger partial charge is 0.353 e. The normalized spacial score (nSPS) is 14.9. The minimum atomic E-state index is 0.0453. The van der Waals surface area contributed by atoms with Crippen LogP contribution in [0.25, 0.3) is 20.7 Å². The van der Waals surface area contributed by atoms with Gasteiger partial charge < -0.3 is 10.2 Å². The van der Waals surface area contributed by atoms with Gasteiger partial charge in [-0.25, -0.2) is 9.97 Å². The van der Waals surface area contributed by atoms with Crippen molar-refractivity contribution >= 4 is 33.3 Å². The van der Waals surface area contributed by atoms with E-state index in [1.54, 1.807) is 17.4 Å². The first-order chi connectivity index (χ1) is 14.1. The van der Waals surface area contributed by atoms with Crippen LogP contribution in [0, 0.1) is 6.92 Å². The van der Waals surface area contributed by atoms with E-state index >= 15 is 0 Å². The average molecular weight is 408 g/mol. The molecule has 1 aliphatic rings. The molecule has 1 amide bonds. The van der Waals surface area contributed by atoms with E-state index in [-0.39, 0.29) is 5.91 Å². The summed E-state index contributed by atoms with van der Waals surface area (Å²) in [5.41, 5.74) is 1.20. The molecule has 0 aliphatic carbocycles. The van der Waals surface area contributed by atoms with Crippen LogP contribution >= 0.6 is 11.3 Å². The highest BCUT2D eigenvalue weighted by molar-refractivity contribution is 7.21. The van der Waals surface area contributed by atoms with E-state index in [1.807, 2.05) is 13.0 Å².